The summed E-state index contributed by atoms with van der Waals surface area (Å²) >= 11 is 3.36. The lowest BCUT2D eigenvalue weighted by Gasteiger charge is -2.25. The summed E-state index contributed by atoms with van der Waals surface area (Å²) in [7, 11) is 0. The molecule has 1 heterocycles. The van der Waals surface area contributed by atoms with Gasteiger partial charge in [0.25, 0.3) is 0 Å². The van der Waals surface area contributed by atoms with Crippen molar-refractivity contribution in [2.75, 3.05) is 13.2 Å². The van der Waals surface area contributed by atoms with Crippen molar-refractivity contribution in [1.29, 1.82) is 0 Å². The third kappa shape index (κ3) is 6.05. The molecule has 0 amide bonds. The number of halogens is 2. The van der Waals surface area contributed by atoms with Gasteiger partial charge >= 0.3 is 0 Å². The van der Waals surface area contributed by atoms with E-state index < -0.39 is 0 Å². The standard InChI is InChI=1S/C17H25BrFNO/c1-2-20-16(6-7-17-5-3-4-8-21-17)11-13-9-14(18)12-15(19)10-13/h9-10,12,16-17,20H,2-8,11H2,1H3. The van der Waals surface area contributed by atoms with E-state index in [2.05, 4.69) is 28.2 Å². The average molecular weight is 358 g/mol. The molecule has 4 heteroatoms. The van der Waals surface area contributed by atoms with Gasteiger partial charge in [-0.2, -0.15) is 0 Å². The molecule has 0 aliphatic carbocycles. The van der Waals surface area contributed by atoms with Crippen LogP contribution < -0.4 is 5.32 Å². The summed E-state index contributed by atoms with van der Waals surface area (Å²) in [6.07, 6.45) is 7.11. The molecule has 2 atom stereocenters. The summed E-state index contributed by atoms with van der Waals surface area (Å²) in [5.41, 5.74) is 1.04. The zero-order valence-electron chi connectivity index (χ0n) is 12.7. The first kappa shape index (κ1) is 16.9. The molecular weight excluding hydrogens is 333 g/mol. The van der Waals surface area contributed by atoms with E-state index in [1.165, 1.54) is 25.3 Å². The second kappa shape index (κ2) is 8.86. The summed E-state index contributed by atoms with van der Waals surface area (Å²) in [6.45, 7) is 3.96. The van der Waals surface area contributed by atoms with Crippen molar-refractivity contribution in [3.8, 4) is 0 Å². The molecule has 0 aromatic heterocycles. The Morgan fingerprint density at radius 3 is 2.90 bits per heavy atom. The van der Waals surface area contributed by atoms with E-state index in [0.29, 0.717) is 12.1 Å². The topological polar surface area (TPSA) is 21.3 Å². The van der Waals surface area contributed by atoms with Gasteiger partial charge in [-0.3, -0.25) is 0 Å². The van der Waals surface area contributed by atoms with Crippen LogP contribution in [0.2, 0.25) is 0 Å². The molecule has 21 heavy (non-hydrogen) atoms. The fourth-order valence-corrected chi connectivity index (χ4v) is 3.51. The predicted octanol–water partition coefficient (Wildman–Crippen LogP) is 4.46. The Balaban J connectivity index is 1.88. The van der Waals surface area contributed by atoms with Gasteiger partial charge in [-0.05, 0) is 68.8 Å². The van der Waals surface area contributed by atoms with Gasteiger partial charge in [0, 0.05) is 17.1 Å². The molecule has 2 unspecified atom stereocenters. The van der Waals surface area contributed by atoms with Gasteiger partial charge in [0.1, 0.15) is 5.82 Å². The predicted molar refractivity (Wildman–Crippen MR) is 88.1 cm³/mol. The molecule has 0 saturated carbocycles. The number of hydrogen-bond acceptors (Lipinski definition) is 2. The number of hydrogen-bond donors (Lipinski definition) is 1. The molecule has 1 aliphatic rings. The molecule has 1 aromatic carbocycles. The van der Waals surface area contributed by atoms with Crippen LogP contribution in [0.1, 0.15) is 44.6 Å². The van der Waals surface area contributed by atoms with Crippen molar-refractivity contribution in [1.82, 2.24) is 5.32 Å². The molecule has 1 fully saturated rings. The Morgan fingerprint density at radius 2 is 2.24 bits per heavy atom. The van der Waals surface area contributed by atoms with Crippen LogP contribution in [-0.2, 0) is 11.2 Å². The fraction of sp³-hybridized carbons (Fsp3) is 0.647. The smallest absolute Gasteiger partial charge is 0.124 e. The minimum atomic E-state index is -0.176. The van der Waals surface area contributed by atoms with E-state index >= 15 is 0 Å². The molecule has 1 saturated heterocycles. The molecule has 1 aromatic rings. The molecule has 0 radical (unpaired) electrons. The lowest BCUT2D eigenvalue weighted by molar-refractivity contribution is 0.00860. The molecule has 1 N–H and O–H groups in total. The quantitative estimate of drug-likeness (QED) is 0.777. The van der Waals surface area contributed by atoms with E-state index in [0.717, 1.165) is 42.5 Å². The van der Waals surface area contributed by atoms with Crippen molar-refractivity contribution in [2.45, 2.75) is 57.6 Å². The van der Waals surface area contributed by atoms with Gasteiger partial charge in [-0.1, -0.05) is 22.9 Å². The van der Waals surface area contributed by atoms with Crippen LogP contribution >= 0.6 is 15.9 Å². The van der Waals surface area contributed by atoms with Crippen LogP contribution in [0.15, 0.2) is 22.7 Å². The van der Waals surface area contributed by atoms with Gasteiger partial charge in [-0.15, -0.1) is 0 Å². The van der Waals surface area contributed by atoms with E-state index in [4.69, 9.17) is 4.74 Å². The highest BCUT2D eigenvalue weighted by Crippen LogP contribution is 2.20. The summed E-state index contributed by atoms with van der Waals surface area (Å²) in [4.78, 5) is 0. The average Bonchev–Trinajstić information content (AvgIpc) is 2.45. The molecule has 0 spiro atoms. The number of ether oxygens (including phenoxy) is 1. The zero-order valence-corrected chi connectivity index (χ0v) is 14.3. The largest absolute Gasteiger partial charge is 0.378 e. The van der Waals surface area contributed by atoms with E-state index in [-0.39, 0.29) is 5.82 Å². The first-order valence-electron chi connectivity index (χ1n) is 7.97. The number of nitrogens with one attached hydrogen (secondary N) is 1. The second-order valence-corrected chi connectivity index (χ2v) is 6.72. The first-order chi connectivity index (χ1) is 10.2. The second-order valence-electron chi connectivity index (χ2n) is 5.80. The van der Waals surface area contributed by atoms with Crippen LogP contribution in [0, 0.1) is 5.82 Å². The molecule has 2 nitrogen and oxygen atoms in total. The minimum absolute atomic E-state index is 0.176. The minimum Gasteiger partial charge on any atom is -0.378 e. The maximum Gasteiger partial charge on any atom is 0.124 e. The molecular formula is C17H25BrFNO. The maximum absolute atomic E-state index is 13.5. The summed E-state index contributed by atoms with van der Waals surface area (Å²) in [5, 5.41) is 3.52. The molecule has 1 aliphatic heterocycles. The maximum atomic E-state index is 13.5. The van der Waals surface area contributed by atoms with Crippen molar-refractivity contribution < 1.29 is 9.13 Å². The zero-order chi connectivity index (χ0) is 15.1. The fourth-order valence-electron chi connectivity index (χ4n) is 3.00. The number of likely N-dealkylation sites (N-methyl/N-ethyl adjacent to an activating group) is 1. The first-order valence-corrected chi connectivity index (χ1v) is 8.76. The highest BCUT2D eigenvalue weighted by atomic mass is 79.9. The van der Waals surface area contributed by atoms with Crippen molar-refractivity contribution in [3.63, 3.8) is 0 Å². The summed E-state index contributed by atoms with van der Waals surface area (Å²) in [6, 6.07) is 5.52. The Morgan fingerprint density at radius 1 is 1.38 bits per heavy atom. The van der Waals surface area contributed by atoms with Gasteiger partial charge in [0.2, 0.25) is 0 Å². The molecule has 2 rings (SSSR count). The lowest BCUT2D eigenvalue weighted by atomic mass is 9.97. The van der Waals surface area contributed by atoms with Gasteiger partial charge in [0.05, 0.1) is 6.10 Å². The van der Waals surface area contributed by atoms with E-state index in [1.54, 1.807) is 6.07 Å². The van der Waals surface area contributed by atoms with Crippen LogP contribution in [0.4, 0.5) is 4.39 Å². The summed E-state index contributed by atoms with van der Waals surface area (Å²) < 4.78 is 20.1. The van der Waals surface area contributed by atoms with Crippen LogP contribution in [0.25, 0.3) is 0 Å². The van der Waals surface area contributed by atoms with Gasteiger partial charge < -0.3 is 10.1 Å². The molecule has 118 valence electrons. The Bertz CT molecular complexity index is 415. The number of rotatable bonds is 7. The molecule has 0 bridgehead atoms. The Labute approximate surface area is 135 Å². The Kier molecular flexibility index (Phi) is 7.14. The van der Waals surface area contributed by atoms with Crippen molar-refractivity contribution in [2.24, 2.45) is 0 Å². The van der Waals surface area contributed by atoms with Crippen LogP contribution in [0.3, 0.4) is 0 Å². The van der Waals surface area contributed by atoms with Crippen LogP contribution in [-0.4, -0.2) is 25.3 Å². The Hall–Kier alpha value is -0.450. The van der Waals surface area contributed by atoms with Gasteiger partial charge in [0.15, 0.2) is 0 Å². The van der Waals surface area contributed by atoms with Crippen LogP contribution in [0.5, 0.6) is 0 Å². The van der Waals surface area contributed by atoms with E-state index in [9.17, 15) is 4.39 Å². The normalized spacial score (nSPS) is 20.4. The lowest BCUT2D eigenvalue weighted by Crippen LogP contribution is -2.32. The van der Waals surface area contributed by atoms with Crippen molar-refractivity contribution in [3.05, 3.63) is 34.1 Å². The van der Waals surface area contributed by atoms with Crippen molar-refractivity contribution >= 4 is 15.9 Å². The summed E-state index contributed by atoms with van der Waals surface area (Å²) in [5.74, 6) is -0.176. The highest BCUT2D eigenvalue weighted by molar-refractivity contribution is 9.10. The highest BCUT2D eigenvalue weighted by Gasteiger charge is 2.17. The SMILES string of the molecule is CCNC(CCC1CCCCO1)Cc1cc(F)cc(Br)c1. The monoisotopic (exact) mass is 357 g/mol. The van der Waals surface area contributed by atoms with Gasteiger partial charge in [-0.25, -0.2) is 4.39 Å². The third-order valence-electron chi connectivity index (χ3n) is 4.01. The van der Waals surface area contributed by atoms with E-state index in [1.807, 2.05) is 6.07 Å². The third-order valence-corrected chi connectivity index (χ3v) is 4.47. The number of benzene rings is 1.